The van der Waals surface area contributed by atoms with Gasteiger partial charge >= 0.3 is 0 Å². The molecule has 1 aliphatic rings. The molecular weight excluding hydrogens is 208 g/mol. The van der Waals surface area contributed by atoms with Crippen molar-refractivity contribution in [1.29, 1.82) is 0 Å². The SMILES string of the molecule is [N-]=[N+]=N[C@@]1(N)C(O)O[C@H](CO)[C@@H](O)[C@@H]1O. The summed E-state index contributed by atoms with van der Waals surface area (Å²) >= 11 is 0. The number of aliphatic hydroxyl groups is 4. The zero-order chi connectivity index (χ0) is 11.6. The van der Waals surface area contributed by atoms with Crippen LogP contribution in [0.2, 0.25) is 0 Å². The van der Waals surface area contributed by atoms with E-state index in [0.717, 1.165) is 0 Å². The van der Waals surface area contributed by atoms with E-state index >= 15 is 0 Å². The average Bonchev–Trinajstić information content (AvgIpc) is 2.21. The Hall–Kier alpha value is -0.930. The van der Waals surface area contributed by atoms with Crippen molar-refractivity contribution in [1.82, 2.24) is 0 Å². The van der Waals surface area contributed by atoms with Crippen LogP contribution in [0, 0.1) is 0 Å². The number of rotatable bonds is 2. The second kappa shape index (κ2) is 4.29. The maximum Gasteiger partial charge on any atom is 0.181 e. The summed E-state index contributed by atoms with van der Waals surface area (Å²) in [7, 11) is 0. The van der Waals surface area contributed by atoms with E-state index in [-0.39, 0.29) is 0 Å². The molecule has 0 aliphatic carbocycles. The van der Waals surface area contributed by atoms with Gasteiger partial charge in [-0.15, -0.1) is 0 Å². The molecule has 1 fully saturated rings. The molecule has 0 aromatic rings. The van der Waals surface area contributed by atoms with E-state index in [4.69, 9.17) is 21.1 Å². The first kappa shape index (κ1) is 12.1. The number of aliphatic hydroxyl groups excluding tert-OH is 4. The van der Waals surface area contributed by atoms with E-state index in [2.05, 4.69) is 10.0 Å². The smallest absolute Gasteiger partial charge is 0.181 e. The second-order valence-corrected chi connectivity index (χ2v) is 3.22. The molecule has 0 saturated carbocycles. The van der Waals surface area contributed by atoms with Crippen LogP contribution in [0.5, 0.6) is 0 Å². The predicted molar refractivity (Wildman–Crippen MR) is 46.0 cm³/mol. The minimum atomic E-state index is -2.17. The summed E-state index contributed by atoms with van der Waals surface area (Å²) in [5.41, 5.74) is 11.4. The third-order valence-corrected chi connectivity index (χ3v) is 2.28. The Balaban J connectivity index is 2.97. The summed E-state index contributed by atoms with van der Waals surface area (Å²) in [5, 5.41) is 40.0. The number of nitrogens with two attached hydrogens (primary N) is 1. The lowest BCUT2D eigenvalue weighted by atomic mass is 9.92. The Morgan fingerprint density at radius 1 is 1.47 bits per heavy atom. The zero-order valence-corrected chi connectivity index (χ0v) is 7.63. The van der Waals surface area contributed by atoms with Gasteiger partial charge in [-0.1, -0.05) is 5.11 Å². The lowest BCUT2D eigenvalue weighted by Crippen LogP contribution is -2.69. The normalized spacial score (nSPS) is 45.9. The van der Waals surface area contributed by atoms with E-state index in [1.807, 2.05) is 0 Å². The van der Waals surface area contributed by atoms with Crippen molar-refractivity contribution in [2.45, 2.75) is 30.3 Å². The fourth-order valence-corrected chi connectivity index (χ4v) is 1.32. The summed E-state index contributed by atoms with van der Waals surface area (Å²) in [6.45, 7) is -0.609. The summed E-state index contributed by atoms with van der Waals surface area (Å²) < 4.78 is 4.69. The average molecular weight is 220 g/mol. The van der Waals surface area contributed by atoms with Gasteiger partial charge in [0.15, 0.2) is 12.0 Å². The molecule has 15 heavy (non-hydrogen) atoms. The highest BCUT2D eigenvalue weighted by molar-refractivity contribution is 5.01. The lowest BCUT2D eigenvalue weighted by Gasteiger charge is -2.44. The van der Waals surface area contributed by atoms with Gasteiger partial charge < -0.3 is 30.9 Å². The van der Waals surface area contributed by atoms with Crippen molar-refractivity contribution in [3.05, 3.63) is 10.4 Å². The van der Waals surface area contributed by atoms with Gasteiger partial charge in [-0.3, -0.25) is 0 Å². The van der Waals surface area contributed by atoms with Gasteiger partial charge in [0.2, 0.25) is 0 Å². The number of hydrogen-bond donors (Lipinski definition) is 5. The molecule has 0 spiro atoms. The van der Waals surface area contributed by atoms with E-state index in [0.29, 0.717) is 0 Å². The highest BCUT2D eigenvalue weighted by Crippen LogP contribution is 2.27. The van der Waals surface area contributed by atoms with Gasteiger partial charge in [-0.25, -0.2) is 0 Å². The maximum atomic E-state index is 9.51. The monoisotopic (exact) mass is 220 g/mol. The molecule has 0 aromatic carbocycles. The molecular formula is C6H12N4O5. The van der Waals surface area contributed by atoms with Crippen LogP contribution >= 0.6 is 0 Å². The van der Waals surface area contributed by atoms with Crippen LogP contribution < -0.4 is 5.73 Å². The molecule has 1 unspecified atom stereocenters. The Bertz CT molecular complexity index is 283. The van der Waals surface area contributed by atoms with Crippen LogP contribution in [0.15, 0.2) is 5.11 Å². The van der Waals surface area contributed by atoms with Gasteiger partial charge in [-0.2, -0.15) is 0 Å². The predicted octanol–water partition coefficient (Wildman–Crippen LogP) is -2.62. The van der Waals surface area contributed by atoms with E-state index < -0.39 is 36.9 Å². The molecule has 0 bridgehead atoms. The van der Waals surface area contributed by atoms with Gasteiger partial charge in [-0.05, 0) is 5.53 Å². The molecule has 9 nitrogen and oxygen atoms in total. The number of ether oxygens (including phenoxy) is 1. The summed E-state index contributed by atoms with van der Waals surface area (Å²) in [5.74, 6) is 0. The first-order valence-electron chi connectivity index (χ1n) is 4.13. The van der Waals surface area contributed by atoms with E-state index in [1.54, 1.807) is 0 Å². The summed E-state index contributed by atoms with van der Waals surface area (Å²) in [6, 6.07) is 0. The number of hydrogen-bond acceptors (Lipinski definition) is 7. The molecule has 0 aromatic heterocycles. The second-order valence-electron chi connectivity index (χ2n) is 3.22. The quantitative estimate of drug-likeness (QED) is 0.194. The zero-order valence-electron chi connectivity index (χ0n) is 7.63. The van der Waals surface area contributed by atoms with Crippen molar-refractivity contribution in [2.24, 2.45) is 10.8 Å². The molecule has 5 atom stereocenters. The lowest BCUT2D eigenvalue weighted by molar-refractivity contribution is -0.276. The van der Waals surface area contributed by atoms with Crippen LogP contribution in [-0.2, 0) is 4.74 Å². The minimum absolute atomic E-state index is 0.609. The first-order chi connectivity index (χ1) is 6.97. The van der Waals surface area contributed by atoms with Crippen LogP contribution in [0.3, 0.4) is 0 Å². The molecule has 86 valence electrons. The van der Waals surface area contributed by atoms with Gasteiger partial charge in [0.05, 0.1) is 6.61 Å². The van der Waals surface area contributed by atoms with Crippen LogP contribution in [0.4, 0.5) is 0 Å². The molecule has 1 rings (SSSR count). The number of azide groups is 1. The van der Waals surface area contributed by atoms with Crippen molar-refractivity contribution in [3.8, 4) is 0 Å². The highest BCUT2D eigenvalue weighted by Gasteiger charge is 2.52. The number of nitrogens with zero attached hydrogens (tertiary/aromatic N) is 3. The summed E-state index contributed by atoms with van der Waals surface area (Å²) in [4.78, 5) is 2.34. The molecule has 0 radical (unpaired) electrons. The summed E-state index contributed by atoms with van der Waals surface area (Å²) in [6.07, 6.45) is -6.26. The molecule has 1 aliphatic heterocycles. The standard InChI is InChI=1S/C6H12N4O5/c7-6(9-10-8)4(13)3(12)2(1-11)15-5(6)14/h2-5,11-14H,1,7H2/t2-,3-,4+,5?,6-/m1/s1. The largest absolute Gasteiger partial charge is 0.394 e. The molecule has 1 saturated heterocycles. The molecule has 6 N–H and O–H groups in total. The van der Waals surface area contributed by atoms with Crippen LogP contribution in [0.1, 0.15) is 0 Å². The van der Waals surface area contributed by atoms with Crippen molar-refractivity contribution >= 4 is 0 Å². The fraction of sp³-hybridized carbons (Fsp3) is 1.00. The Labute approximate surface area is 84.3 Å². The van der Waals surface area contributed by atoms with Gasteiger partial charge in [0.1, 0.15) is 18.3 Å². The van der Waals surface area contributed by atoms with E-state index in [1.165, 1.54) is 0 Å². The molecule has 1 heterocycles. The Kier molecular flexibility index (Phi) is 3.47. The topological polar surface area (TPSA) is 165 Å². The van der Waals surface area contributed by atoms with Crippen molar-refractivity contribution in [2.75, 3.05) is 6.61 Å². The fourth-order valence-electron chi connectivity index (χ4n) is 1.32. The van der Waals surface area contributed by atoms with Crippen molar-refractivity contribution < 1.29 is 25.2 Å². The van der Waals surface area contributed by atoms with Crippen LogP contribution in [-0.4, -0.2) is 57.3 Å². The van der Waals surface area contributed by atoms with Crippen LogP contribution in [0.25, 0.3) is 10.4 Å². The highest BCUT2D eigenvalue weighted by atomic mass is 16.6. The third kappa shape index (κ3) is 1.90. The molecule has 0 amide bonds. The molecule has 9 heteroatoms. The maximum absolute atomic E-state index is 9.51. The van der Waals surface area contributed by atoms with Crippen molar-refractivity contribution in [3.63, 3.8) is 0 Å². The van der Waals surface area contributed by atoms with Gasteiger partial charge in [0, 0.05) is 4.91 Å². The third-order valence-electron chi connectivity index (χ3n) is 2.28. The van der Waals surface area contributed by atoms with Gasteiger partial charge in [0.25, 0.3) is 0 Å². The minimum Gasteiger partial charge on any atom is -0.394 e. The first-order valence-corrected chi connectivity index (χ1v) is 4.13. The Morgan fingerprint density at radius 3 is 2.53 bits per heavy atom. The Morgan fingerprint density at radius 2 is 2.07 bits per heavy atom. The van der Waals surface area contributed by atoms with E-state index in [9.17, 15) is 15.3 Å².